The predicted octanol–water partition coefficient (Wildman–Crippen LogP) is 1.80. The molecule has 5 nitrogen and oxygen atoms in total. The molecule has 0 aliphatic carbocycles. The molecule has 2 aromatic carbocycles. The van der Waals surface area contributed by atoms with Gasteiger partial charge in [-0.1, -0.05) is 6.07 Å². The summed E-state index contributed by atoms with van der Waals surface area (Å²) in [6.07, 6.45) is 4.26. The molecule has 0 aromatic heterocycles. The minimum Gasteiger partial charge on any atom is -1.00 e. The van der Waals surface area contributed by atoms with Gasteiger partial charge in [0.15, 0.2) is 0 Å². The largest absolute Gasteiger partial charge is 1.00 e. The Balaban J connectivity index is 0. The van der Waals surface area contributed by atoms with Crippen LogP contribution in [0.1, 0.15) is 58.1 Å². The number of hydrogen-bond acceptors (Lipinski definition) is 5. The van der Waals surface area contributed by atoms with Gasteiger partial charge in [0.25, 0.3) is 0 Å². The van der Waals surface area contributed by atoms with E-state index >= 15 is 0 Å². The van der Waals surface area contributed by atoms with Gasteiger partial charge in [-0.3, -0.25) is 4.99 Å². The smallest absolute Gasteiger partial charge is 1.00 e. The molecule has 2 aliphatic heterocycles. The van der Waals surface area contributed by atoms with Crippen molar-refractivity contribution in [2.24, 2.45) is 4.99 Å². The number of ether oxygens (including phenoxy) is 2. The van der Waals surface area contributed by atoms with E-state index in [0.717, 1.165) is 49.6 Å². The first-order valence-electron chi connectivity index (χ1n) is 10.9. The molecule has 2 N–H and O–H groups in total. The van der Waals surface area contributed by atoms with E-state index in [2.05, 4.69) is 24.2 Å². The molecule has 3 radical (unpaired) electrons. The summed E-state index contributed by atoms with van der Waals surface area (Å²) in [7, 11) is 4.13. The second-order valence-electron chi connectivity index (χ2n) is 7.89. The summed E-state index contributed by atoms with van der Waals surface area (Å²) in [6, 6.07) is 10.5. The summed E-state index contributed by atoms with van der Waals surface area (Å²) in [5, 5.41) is 10.5. The molecular weight excluding hydrogens is 448 g/mol. The Hall–Kier alpha value is -1.45. The molecular formula is C25H35BF2N2NaO3. The second-order valence-corrected chi connectivity index (χ2v) is 7.89. The fourth-order valence-corrected chi connectivity index (χ4v) is 3.99. The Labute approximate surface area is 227 Å². The number of benzene rings is 2. The Morgan fingerprint density at radius 1 is 0.941 bits per heavy atom. The third-order valence-electron chi connectivity index (χ3n) is 5.59. The first-order valence-corrected chi connectivity index (χ1v) is 10.9. The molecule has 4 rings (SSSR count). The number of rotatable bonds is 4. The van der Waals surface area contributed by atoms with Gasteiger partial charge in [-0.15, -0.1) is 0 Å². The summed E-state index contributed by atoms with van der Waals surface area (Å²) in [6.45, 7) is 4.25. The normalized spacial score (nSPS) is 20.4. The molecule has 2 aliphatic rings. The van der Waals surface area contributed by atoms with Crippen LogP contribution in [-0.4, -0.2) is 52.6 Å². The van der Waals surface area contributed by atoms with E-state index in [4.69, 9.17) is 14.6 Å². The molecule has 1 fully saturated rings. The molecule has 181 valence electrons. The summed E-state index contributed by atoms with van der Waals surface area (Å²) in [4.78, 5) is 4.51. The maximum Gasteiger partial charge on any atom is 1.00 e. The van der Waals surface area contributed by atoms with Gasteiger partial charge in [0, 0.05) is 62.6 Å². The van der Waals surface area contributed by atoms with Gasteiger partial charge in [0.1, 0.15) is 23.1 Å². The fraction of sp³-hybridized carbons (Fsp3) is 0.480. The zero-order valence-corrected chi connectivity index (χ0v) is 23.1. The van der Waals surface area contributed by atoms with E-state index in [9.17, 15) is 8.78 Å². The number of methoxy groups -OCH3 is 2. The van der Waals surface area contributed by atoms with Crippen molar-refractivity contribution in [1.29, 1.82) is 0 Å². The Morgan fingerprint density at radius 3 is 2.03 bits per heavy atom. The summed E-state index contributed by atoms with van der Waals surface area (Å²) >= 11 is 0. The van der Waals surface area contributed by atoms with E-state index in [1.165, 1.54) is 24.3 Å². The van der Waals surface area contributed by atoms with E-state index in [0.29, 0.717) is 29.6 Å². The average Bonchev–Trinajstić information content (AvgIpc) is 3.43. The number of nitrogens with one attached hydrogen (secondary N) is 1. The van der Waals surface area contributed by atoms with Gasteiger partial charge in [-0.2, -0.15) is 0 Å². The first kappa shape index (κ1) is 32.6. The standard InChI is InChI=1S/C12H16FNO.C12H14FNO.CH4O.B.Na.H/c2*1-8-3-6-11(14-8)10-5-4-9(13)7-12(10)15-2;1-2;;;/h4-5,7-8,11,14H,3,6H2,1-2H3;4-5,7-8H,3,6H2,1-2H3;2H,1H3;;;/q;;;;+1;-1. The van der Waals surface area contributed by atoms with Crippen LogP contribution in [0.15, 0.2) is 41.4 Å². The fourth-order valence-electron chi connectivity index (χ4n) is 3.99. The zero-order valence-electron chi connectivity index (χ0n) is 22.1. The first-order chi connectivity index (χ1) is 15.4. The maximum atomic E-state index is 13.0. The van der Waals surface area contributed by atoms with Gasteiger partial charge < -0.3 is 21.3 Å². The van der Waals surface area contributed by atoms with Crippen LogP contribution in [0.4, 0.5) is 8.78 Å². The molecule has 0 bridgehead atoms. The number of aliphatic hydroxyl groups excluding tert-OH is 1. The quantitative estimate of drug-likeness (QED) is 0.652. The van der Waals surface area contributed by atoms with Crippen molar-refractivity contribution in [3.63, 3.8) is 0 Å². The van der Waals surface area contributed by atoms with Crippen LogP contribution in [0.25, 0.3) is 0 Å². The van der Waals surface area contributed by atoms with Crippen molar-refractivity contribution in [3.8, 4) is 11.5 Å². The third-order valence-corrected chi connectivity index (χ3v) is 5.59. The Kier molecular flexibility index (Phi) is 15.6. The van der Waals surface area contributed by atoms with Crippen molar-refractivity contribution in [3.05, 3.63) is 59.2 Å². The van der Waals surface area contributed by atoms with E-state index in [1.807, 2.05) is 6.07 Å². The Bertz CT molecular complexity index is 924. The van der Waals surface area contributed by atoms with Crippen LogP contribution < -0.4 is 44.3 Å². The van der Waals surface area contributed by atoms with Gasteiger partial charge in [0.2, 0.25) is 0 Å². The van der Waals surface area contributed by atoms with E-state index in [-0.39, 0.29) is 51.0 Å². The van der Waals surface area contributed by atoms with Crippen molar-refractivity contribution in [1.82, 2.24) is 5.32 Å². The van der Waals surface area contributed by atoms with Crippen molar-refractivity contribution >= 4 is 14.1 Å². The van der Waals surface area contributed by atoms with Gasteiger partial charge in [0.05, 0.1) is 14.2 Å². The molecule has 2 aromatic rings. The van der Waals surface area contributed by atoms with Gasteiger partial charge in [-0.05, 0) is 57.7 Å². The van der Waals surface area contributed by atoms with Crippen molar-refractivity contribution < 1.29 is 54.3 Å². The van der Waals surface area contributed by atoms with Crippen LogP contribution in [-0.2, 0) is 0 Å². The molecule has 0 saturated carbocycles. The number of hydrogen-bond donors (Lipinski definition) is 2. The van der Waals surface area contributed by atoms with Crippen LogP contribution in [0.5, 0.6) is 11.5 Å². The monoisotopic (exact) mass is 483 g/mol. The van der Waals surface area contributed by atoms with E-state index < -0.39 is 0 Å². The van der Waals surface area contributed by atoms with Crippen molar-refractivity contribution in [2.75, 3.05) is 21.3 Å². The van der Waals surface area contributed by atoms with Crippen LogP contribution in [0, 0.1) is 11.6 Å². The molecule has 0 spiro atoms. The van der Waals surface area contributed by atoms with Crippen LogP contribution >= 0.6 is 0 Å². The van der Waals surface area contributed by atoms with Crippen LogP contribution in [0.3, 0.4) is 0 Å². The van der Waals surface area contributed by atoms with E-state index in [1.54, 1.807) is 20.3 Å². The minimum atomic E-state index is -0.276. The topological polar surface area (TPSA) is 63.1 Å². The Morgan fingerprint density at radius 2 is 1.53 bits per heavy atom. The predicted molar refractivity (Wildman–Crippen MR) is 131 cm³/mol. The number of aliphatic imine (C=N–C) groups is 1. The van der Waals surface area contributed by atoms with Crippen molar-refractivity contribution in [2.45, 2.75) is 57.7 Å². The average molecular weight is 483 g/mol. The molecule has 2 heterocycles. The zero-order chi connectivity index (χ0) is 23.7. The summed E-state index contributed by atoms with van der Waals surface area (Å²) in [5.41, 5.74) is 3.01. The van der Waals surface area contributed by atoms with Gasteiger partial charge >= 0.3 is 29.6 Å². The second kappa shape index (κ2) is 16.3. The molecule has 3 unspecified atom stereocenters. The molecule has 9 heteroatoms. The molecule has 0 amide bonds. The minimum absolute atomic E-state index is 0. The van der Waals surface area contributed by atoms with Gasteiger partial charge in [-0.25, -0.2) is 8.78 Å². The molecule has 34 heavy (non-hydrogen) atoms. The number of aliphatic hydroxyl groups is 1. The number of halogens is 2. The number of nitrogens with zero attached hydrogens (tertiary/aromatic N) is 1. The van der Waals surface area contributed by atoms with Crippen LogP contribution in [0.2, 0.25) is 0 Å². The molecule has 3 atom stereocenters. The maximum absolute atomic E-state index is 13.0. The molecule has 1 saturated heterocycles. The SMILES string of the molecule is CO.COc1cc(F)ccc1C1=NC(C)CC1.COc1cc(F)ccc1C1CCC(C)N1.[B].[H-].[Na+]. The summed E-state index contributed by atoms with van der Waals surface area (Å²) < 4.78 is 36.3. The summed E-state index contributed by atoms with van der Waals surface area (Å²) in [5.74, 6) is 0.688. The third kappa shape index (κ3) is 8.97.